The Hall–Kier alpha value is -3.96. The Bertz CT molecular complexity index is 1080. The zero-order valence-corrected chi connectivity index (χ0v) is 18.0. The van der Waals surface area contributed by atoms with Crippen LogP contribution in [0.4, 0.5) is 23.1 Å². The van der Waals surface area contributed by atoms with Crippen LogP contribution in [0.3, 0.4) is 0 Å². The third kappa shape index (κ3) is 5.02. The Labute approximate surface area is 183 Å². The Balaban J connectivity index is 2.00. The highest BCUT2D eigenvalue weighted by Crippen LogP contribution is 2.35. The lowest BCUT2D eigenvalue weighted by Crippen LogP contribution is -2.41. The number of non-ortho nitro benzene ring substituents is 1. The van der Waals surface area contributed by atoms with Crippen LogP contribution in [0.15, 0.2) is 29.1 Å². The van der Waals surface area contributed by atoms with Crippen molar-refractivity contribution in [1.82, 2.24) is 9.97 Å². The van der Waals surface area contributed by atoms with E-state index in [1.807, 2.05) is 6.92 Å². The number of rotatable bonds is 8. The molecule has 12 heteroatoms. The van der Waals surface area contributed by atoms with Gasteiger partial charge >= 0.3 is 5.97 Å². The molecule has 0 fully saturated rings. The van der Waals surface area contributed by atoms with E-state index in [4.69, 9.17) is 4.74 Å². The number of carbonyl (C=O) groups is 2. The summed E-state index contributed by atoms with van der Waals surface area (Å²) in [5.74, 6) is -0.600. The van der Waals surface area contributed by atoms with Crippen molar-refractivity contribution in [1.29, 1.82) is 0 Å². The van der Waals surface area contributed by atoms with Crippen LogP contribution in [-0.4, -0.2) is 39.7 Å². The fourth-order valence-corrected chi connectivity index (χ4v) is 3.50. The largest absolute Gasteiger partial charge is 0.442 e. The molecule has 0 saturated carbocycles. The van der Waals surface area contributed by atoms with Gasteiger partial charge in [-0.2, -0.15) is 4.98 Å². The second-order valence-electron chi connectivity index (χ2n) is 7.35. The average molecular weight is 444 g/mol. The van der Waals surface area contributed by atoms with E-state index in [0.717, 1.165) is 5.56 Å². The maximum atomic E-state index is 12.9. The Morgan fingerprint density at radius 3 is 2.56 bits per heavy atom. The number of fused-ring (bicyclic) bond motifs is 1. The lowest BCUT2D eigenvalue weighted by Gasteiger charge is -2.29. The molecule has 2 aromatic rings. The van der Waals surface area contributed by atoms with Crippen LogP contribution in [0.5, 0.6) is 0 Å². The van der Waals surface area contributed by atoms with Gasteiger partial charge in [-0.1, -0.05) is 25.5 Å². The Morgan fingerprint density at radius 2 is 2.00 bits per heavy atom. The number of ether oxygens (including phenoxy) is 1. The predicted molar refractivity (Wildman–Crippen MR) is 116 cm³/mol. The number of benzene rings is 1. The average Bonchev–Trinajstić information content (AvgIpc) is 3.06. The first kappa shape index (κ1) is 22.7. The van der Waals surface area contributed by atoms with E-state index in [1.54, 1.807) is 21.9 Å². The molecule has 1 aliphatic heterocycles. The highest BCUT2D eigenvalue weighted by atomic mass is 16.6. The number of nitrogens with zero attached hydrogens (tertiary/aromatic N) is 4. The van der Waals surface area contributed by atoms with Crippen molar-refractivity contribution >= 4 is 35.0 Å². The molecule has 1 amide bonds. The van der Waals surface area contributed by atoms with Crippen LogP contribution in [0.25, 0.3) is 0 Å². The van der Waals surface area contributed by atoms with Gasteiger partial charge in [0.2, 0.25) is 11.9 Å². The van der Waals surface area contributed by atoms with Crippen LogP contribution >= 0.6 is 0 Å². The second-order valence-corrected chi connectivity index (χ2v) is 7.35. The molecule has 0 spiro atoms. The molecule has 0 bridgehead atoms. The number of nitrogens with one attached hydrogen (secondary N) is 2. The number of hydrogen-bond acceptors (Lipinski definition) is 9. The van der Waals surface area contributed by atoms with Gasteiger partial charge in [0, 0.05) is 38.9 Å². The molecule has 1 unspecified atom stereocenters. The van der Waals surface area contributed by atoms with Crippen LogP contribution in [-0.2, 0) is 20.9 Å². The number of aromatic nitrogens is 2. The van der Waals surface area contributed by atoms with E-state index in [1.165, 1.54) is 26.0 Å². The summed E-state index contributed by atoms with van der Waals surface area (Å²) in [4.78, 5) is 56.8. The van der Waals surface area contributed by atoms with E-state index in [-0.39, 0.29) is 36.4 Å². The van der Waals surface area contributed by atoms with Crippen molar-refractivity contribution in [2.45, 2.75) is 46.4 Å². The minimum atomic E-state index is -0.655. The first-order chi connectivity index (χ1) is 15.2. The van der Waals surface area contributed by atoms with Crippen molar-refractivity contribution in [3.05, 3.63) is 50.3 Å². The number of carbonyl (C=O) groups excluding carboxylic acids is 2. The quantitative estimate of drug-likeness (QED) is 0.354. The number of esters is 1. The standard InChI is InChI=1S/C20H24N6O6/c1-4-5-16(32-13(3)28)25-11-24(10-14-6-8-15(9-7-14)26(30)31)17-18(25)22-20(21-12(2)27)23-19(17)29/h6-9,16H,4-5,10-11H2,1-3H3,(H2,21,22,23,27,29). The topological polar surface area (TPSA) is 151 Å². The molecule has 170 valence electrons. The number of aromatic amines is 1. The Morgan fingerprint density at radius 1 is 1.31 bits per heavy atom. The van der Waals surface area contributed by atoms with Gasteiger partial charge < -0.3 is 14.5 Å². The summed E-state index contributed by atoms with van der Waals surface area (Å²) >= 11 is 0. The van der Waals surface area contributed by atoms with E-state index < -0.39 is 28.6 Å². The molecule has 1 aromatic heterocycles. The lowest BCUT2D eigenvalue weighted by atomic mass is 10.2. The van der Waals surface area contributed by atoms with Gasteiger partial charge in [0.15, 0.2) is 12.0 Å². The zero-order valence-electron chi connectivity index (χ0n) is 18.0. The first-order valence-electron chi connectivity index (χ1n) is 10.0. The summed E-state index contributed by atoms with van der Waals surface area (Å²) in [6.07, 6.45) is 0.569. The molecule has 1 aliphatic rings. The number of nitro groups is 1. The number of nitro benzene ring substituents is 1. The van der Waals surface area contributed by atoms with Crippen molar-refractivity contribution in [2.75, 3.05) is 21.8 Å². The van der Waals surface area contributed by atoms with Gasteiger partial charge in [0.25, 0.3) is 11.2 Å². The summed E-state index contributed by atoms with van der Waals surface area (Å²) in [6.45, 7) is 5.01. The van der Waals surface area contributed by atoms with Crippen molar-refractivity contribution in [3.8, 4) is 0 Å². The number of anilines is 3. The van der Waals surface area contributed by atoms with Crippen molar-refractivity contribution in [3.63, 3.8) is 0 Å². The van der Waals surface area contributed by atoms with Crippen molar-refractivity contribution in [2.24, 2.45) is 0 Å². The molecule has 3 rings (SSSR count). The monoisotopic (exact) mass is 444 g/mol. The minimum absolute atomic E-state index is 0.0125. The number of hydrogen-bond donors (Lipinski definition) is 2. The van der Waals surface area contributed by atoms with Crippen molar-refractivity contribution < 1.29 is 19.2 Å². The fourth-order valence-electron chi connectivity index (χ4n) is 3.50. The van der Waals surface area contributed by atoms with Gasteiger partial charge in [-0.15, -0.1) is 0 Å². The predicted octanol–water partition coefficient (Wildman–Crippen LogP) is 2.11. The molecule has 1 atom stereocenters. The molecular formula is C20H24N6O6. The molecule has 2 N–H and O–H groups in total. The van der Waals surface area contributed by atoms with Crippen LogP contribution in [0.2, 0.25) is 0 Å². The second kappa shape index (κ2) is 9.45. The lowest BCUT2D eigenvalue weighted by molar-refractivity contribution is -0.384. The maximum absolute atomic E-state index is 12.9. The smallest absolute Gasteiger partial charge is 0.304 e. The maximum Gasteiger partial charge on any atom is 0.304 e. The zero-order chi connectivity index (χ0) is 23.4. The van der Waals surface area contributed by atoms with E-state index in [9.17, 15) is 24.5 Å². The Kier molecular flexibility index (Phi) is 6.71. The first-order valence-corrected chi connectivity index (χ1v) is 10.0. The van der Waals surface area contributed by atoms with Gasteiger partial charge in [-0.25, -0.2) is 0 Å². The minimum Gasteiger partial charge on any atom is -0.442 e. The SMILES string of the molecule is CCCC(OC(C)=O)N1CN(Cc2ccc([N+](=O)[O-])cc2)c2c1nc(NC(C)=O)[nH]c2=O. The highest BCUT2D eigenvalue weighted by molar-refractivity contribution is 5.87. The van der Waals surface area contributed by atoms with Gasteiger partial charge in [-0.05, 0) is 5.56 Å². The third-order valence-electron chi connectivity index (χ3n) is 4.79. The molecule has 0 aliphatic carbocycles. The van der Waals surface area contributed by atoms with Crippen LogP contribution < -0.4 is 20.7 Å². The van der Waals surface area contributed by atoms with Crippen LogP contribution in [0.1, 0.15) is 39.2 Å². The molecule has 2 heterocycles. The summed E-state index contributed by atoms with van der Waals surface area (Å²) in [6, 6.07) is 6.02. The van der Waals surface area contributed by atoms with E-state index >= 15 is 0 Å². The highest BCUT2D eigenvalue weighted by Gasteiger charge is 2.36. The number of H-pyrrole nitrogens is 1. The van der Waals surface area contributed by atoms with E-state index in [0.29, 0.717) is 12.8 Å². The van der Waals surface area contributed by atoms with Gasteiger partial charge in [-0.3, -0.25) is 34.8 Å². The number of amides is 1. The van der Waals surface area contributed by atoms with E-state index in [2.05, 4.69) is 15.3 Å². The normalized spacial score (nSPS) is 13.5. The fraction of sp³-hybridized carbons (Fsp3) is 0.400. The van der Waals surface area contributed by atoms with Gasteiger partial charge in [0.1, 0.15) is 5.69 Å². The molecular weight excluding hydrogens is 420 g/mol. The molecule has 0 saturated heterocycles. The summed E-state index contributed by atoms with van der Waals surface area (Å²) < 4.78 is 5.48. The van der Waals surface area contributed by atoms with Gasteiger partial charge in [0.05, 0.1) is 11.6 Å². The summed E-state index contributed by atoms with van der Waals surface area (Å²) in [7, 11) is 0. The third-order valence-corrected chi connectivity index (χ3v) is 4.79. The molecule has 1 aromatic carbocycles. The summed E-state index contributed by atoms with van der Waals surface area (Å²) in [5.41, 5.74) is 0.495. The molecule has 32 heavy (non-hydrogen) atoms. The molecule has 0 radical (unpaired) electrons. The van der Waals surface area contributed by atoms with Crippen LogP contribution in [0, 0.1) is 10.1 Å². The molecule has 12 nitrogen and oxygen atoms in total. The summed E-state index contributed by atoms with van der Waals surface area (Å²) in [5, 5.41) is 13.4.